The van der Waals surface area contributed by atoms with Crippen molar-refractivity contribution in [1.82, 2.24) is 0 Å². The number of rotatable bonds is 2. The summed E-state index contributed by atoms with van der Waals surface area (Å²) in [5, 5.41) is 5.66. The number of nitrogens with two attached hydrogens (primary N) is 1. The van der Waals surface area contributed by atoms with Gasteiger partial charge in [0, 0.05) is 5.02 Å². The minimum atomic E-state index is -3.64. The maximum absolute atomic E-state index is 11.1. The summed E-state index contributed by atoms with van der Waals surface area (Å²) in [6.45, 7) is 0. The number of primary sulfonamides is 1. The third-order valence-corrected chi connectivity index (χ3v) is 3.51. The molecule has 5 heteroatoms. The molecule has 88 valence electrons. The second-order valence-electron chi connectivity index (χ2n) is 3.58. The number of benzene rings is 2. The standard InChI is InChI=1S/C12H10ClNO2S/c13-11-3-1-2-10(8-11)9-4-6-12(7-5-9)17(14,15)16/h1-8H,(H2,14,15,16). The van der Waals surface area contributed by atoms with E-state index < -0.39 is 10.0 Å². The molecule has 0 atom stereocenters. The Kier molecular flexibility index (Phi) is 3.19. The Morgan fingerprint density at radius 3 is 2.12 bits per heavy atom. The van der Waals surface area contributed by atoms with Crippen LogP contribution >= 0.6 is 11.6 Å². The van der Waals surface area contributed by atoms with Crippen molar-refractivity contribution in [2.45, 2.75) is 4.90 Å². The summed E-state index contributed by atoms with van der Waals surface area (Å²) >= 11 is 5.88. The summed E-state index contributed by atoms with van der Waals surface area (Å²) in [6, 6.07) is 13.7. The second kappa shape index (κ2) is 4.49. The molecule has 0 aliphatic heterocycles. The average molecular weight is 268 g/mol. The molecular formula is C12H10ClNO2S. The van der Waals surface area contributed by atoms with Crippen molar-refractivity contribution in [2.75, 3.05) is 0 Å². The van der Waals surface area contributed by atoms with Crippen LogP contribution in [-0.2, 0) is 10.0 Å². The molecule has 0 aliphatic carbocycles. The topological polar surface area (TPSA) is 60.2 Å². The van der Waals surface area contributed by atoms with E-state index in [1.54, 1.807) is 18.2 Å². The monoisotopic (exact) mass is 267 g/mol. The van der Waals surface area contributed by atoms with Crippen LogP contribution in [0.1, 0.15) is 0 Å². The third kappa shape index (κ3) is 2.85. The summed E-state index contributed by atoms with van der Waals surface area (Å²) in [5.41, 5.74) is 1.82. The van der Waals surface area contributed by atoms with Gasteiger partial charge in [-0.3, -0.25) is 0 Å². The van der Waals surface area contributed by atoms with E-state index in [-0.39, 0.29) is 4.90 Å². The van der Waals surface area contributed by atoms with Gasteiger partial charge in [0.2, 0.25) is 10.0 Å². The predicted octanol–water partition coefficient (Wildman–Crippen LogP) is 2.65. The minimum absolute atomic E-state index is 0.100. The third-order valence-electron chi connectivity index (χ3n) is 2.34. The van der Waals surface area contributed by atoms with Gasteiger partial charge in [-0.2, -0.15) is 0 Å². The van der Waals surface area contributed by atoms with Crippen LogP contribution in [0.3, 0.4) is 0 Å². The summed E-state index contributed by atoms with van der Waals surface area (Å²) in [6.07, 6.45) is 0. The van der Waals surface area contributed by atoms with E-state index in [9.17, 15) is 8.42 Å². The molecule has 0 saturated carbocycles. The zero-order valence-corrected chi connectivity index (χ0v) is 10.4. The van der Waals surface area contributed by atoms with Crippen molar-refractivity contribution in [1.29, 1.82) is 0 Å². The van der Waals surface area contributed by atoms with E-state index in [4.69, 9.17) is 16.7 Å². The van der Waals surface area contributed by atoms with Crippen molar-refractivity contribution >= 4 is 21.6 Å². The fraction of sp³-hybridized carbons (Fsp3) is 0. The molecule has 2 aromatic carbocycles. The molecular weight excluding hydrogens is 258 g/mol. The first-order valence-corrected chi connectivity index (χ1v) is 6.78. The molecule has 17 heavy (non-hydrogen) atoms. The molecule has 3 nitrogen and oxygen atoms in total. The highest BCUT2D eigenvalue weighted by Crippen LogP contribution is 2.23. The molecule has 2 rings (SSSR count). The molecule has 2 aromatic rings. The van der Waals surface area contributed by atoms with E-state index in [2.05, 4.69) is 0 Å². The Labute approximate surface area is 105 Å². The first-order chi connectivity index (χ1) is 7.97. The highest BCUT2D eigenvalue weighted by atomic mass is 35.5. The number of hydrogen-bond acceptors (Lipinski definition) is 2. The van der Waals surface area contributed by atoms with Crippen LogP contribution in [0.25, 0.3) is 11.1 Å². The van der Waals surface area contributed by atoms with Gasteiger partial charge in [0.15, 0.2) is 0 Å². The minimum Gasteiger partial charge on any atom is -0.225 e. The first-order valence-electron chi connectivity index (χ1n) is 4.85. The summed E-state index contributed by atoms with van der Waals surface area (Å²) in [4.78, 5) is 0.100. The molecule has 0 fully saturated rings. The van der Waals surface area contributed by atoms with Gasteiger partial charge in [-0.1, -0.05) is 35.9 Å². The Hall–Kier alpha value is -1.36. The number of halogens is 1. The summed E-state index contributed by atoms with van der Waals surface area (Å²) < 4.78 is 22.2. The van der Waals surface area contributed by atoms with Crippen molar-refractivity contribution in [3.05, 3.63) is 53.6 Å². The lowest BCUT2D eigenvalue weighted by Crippen LogP contribution is -2.11. The van der Waals surface area contributed by atoms with Gasteiger partial charge in [-0.05, 0) is 35.4 Å². The van der Waals surface area contributed by atoms with Gasteiger partial charge in [-0.15, -0.1) is 0 Å². The summed E-state index contributed by atoms with van der Waals surface area (Å²) in [5.74, 6) is 0. The second-order valence-corrected chi connectivity index (χ2v) is 5.58. The lowest BCUT2D eigenvalue weighted by molar-refractivity contribution is 0.598. The molecule has 0 aliphatic rings. The van der Waals surface area contributed by atoms with Gasteiger partial charge in [-0.25, -0.2) is 13.6 Å². The smallest absolute Gasteiger partial charge is 0.225 e. The molecule has 0 heterocycles. The van der Waals surface area contributed by atoms with Crippen LogP contribution in [0.5, 0.6) is 0 Å². The van der Waals surface area contributed by atoms with Crippen LogP contribution in [0.2, 0.25) is 5.02 Å². The zero-order chi connectivity index (χ0) is 12.5. The molecule has 0 spiro atoms. The molecule has 0 aromatic heterocycles. The Morgan fingerprint density at radius 2 is 1.59 bits per heavy atom. The van der Waals surface area contributed by atoms with E-state index in [0.29, 0.717) is 5.02 Å². The number of sulfonamides is 1. The molecule has 0 amide bonds. The van der Waals surface area contributed by atoms with Crippen LogP contribution < -0.4 is 5.14 Å². The van der Waals surface area contributed by atoms with Crippen LogP contribution in [0.15, 0.2) is 53.4 Å². The van der Waals surface area contributed by atoms with Crippen LogP contribution in [-0.4, -0.2) is 8.42 Å². The Morgan fingerprint density at radius 1 is 0.941 bits per heavy atom. The van der Waals surface area contributed by atoms with Gasteiger partial charge >= 0.3 is 0 Å². The maximum Gasteiger partial charge on any atom is 0.238 e. The molecule has 0 unspecified atom stereocenters. The lowest BCUT2D eigenvalue weighted by atomic mass is 10.1. The van der Waals surface area contributed by atoms with Crippen molar-refractivity contribution in [3.63, 3.8) is 0 Å². The number of hydrogen-bond donors (Lipinski definition) is 1. The van der Waals surface area contributed by atoms with Crippen molar-refractivity contribution in [3.8, 4) is 11.1 Å². The van der Waals surface area contributed by atoms with Crippen molar-refractivity contribution in [2.24, 2.45) is 5.14 Å². The first kappa shape index (κ1) is 12.1. The largest absolute Gasteiger partial charge is 0.238 e. The summed E-state index contributed by atoms with van der Waals surface area (Å²) in [7, 11) is -3.64. The van der Waals surface area contributed by atoms with Gasteiger partial charge in [0.25, 0.3) is 0 Å². The van der Waals surface area contributed by atoms with Gasteiger partial charge in [0.05, 0.1) is 4.90 Å². The normalized spacial score (nSPS) is 11.4. The van der Waals surface area contributed by atoms with Gasteiger partial charge in [0.1, 0.15) is 0 Å². The van der Waals surface area contributed by atoms with E-state index >= 15 is 0 Å². The van der Waals surface area contributed by atoms with Crippen LogP contribution in [0, 0.1) is 0 Å². The van der Waals surface area contributed by atoms with Crippen LogP contribution in [0.4, 0.5) is 0 Å². The quantitative estimate of drug-likeness (QED) is 0.909. The zero-order valence-electron chi connectivity index (χ0n) is 8.80. The highest BCUT2D eigenvalue weighted by molar-refractivity contribution is 7.89. The highest BCUT2D eigenvalue weighted by Gasteiger charge is 2.07. The van der Waals surface area contributed by atoms with Crippen molar-refractivity contribution < 1.29 is 8.42 Å². The lowest BCUT2D eigenvalue weighted by Gasteiger charge is -2.03. The molecule has 0 saturated heterocycles. The molecule has 2 N–H and O–H groups in total. The van der Waals surface area contributed by atoms with E-state index in [1.807, 2.05) is 18.2 Å². The fourth-order valence-corrected chi connectivity index (χ4v) is 2.21. The predicted molar refractivity (Wildman–Crippen MR) is 68.3 cm³/mol. The Bertz CT molecular complexity index is 636. The van der Waals surface area contributed by atoms with E-state index in [0.717, 1.165) is 11.1 Å². The Balaban J connectivity index is 2.43. The SMILES string of the molecule is NS(=O)(=O)c1ccc(-c2cccc(Cl)c2)cc1. The average Bonchev–Trinajstić information content (AvgIpc) is 2.28. The maximum atomic E-state index is 11.1. The molecule has 0 bridgehead atoms. The fourth-order valence-electron chi connectivity index (χ4n) is 1.51. The van der Waals surface area contributed by atoms with Gasteiger partial charge < -0.3 is 0 Å². The van der Waals surface area contributed by atoms with E-state index in [1.165, 1.54) is 12.1 Å². The molecule has 0 radical (unpaired) electrons.